The zero-order valence-corrected chi connectivity index (χ0v) is 10.4. The molecule has 14 heavy (non-hydrogen) atoms. The highest BCUT2D eigenvalue weighted by atomic mass is 79.9. The second kappa shape index (κ2) is 5.48. The second-order valence-corrected chi connectivity index (χ2v) is 5.36. The van der Waals surface area contributed by atoms with Gasteiger partial charge in [0.15, 0.2) is 0 Å². The summed E-state index contributed by atoms with van der Waals surface area (Å²) in [4.78, 5) is 13.2. The number of nitrogens with two attached hydrogens (primary N) is 1. The Kier molecular flexibility index (Phi) is 4.57. The molecule has 0 saturated heterocycles. The Morgan fingerprint density at radius 2 is 2.36 bits per heavy atom. The highest BCUT2D eigenvalue weighted by molar-refractivity contribution is 9.11. The average molecular weight is 277 g/mol. The topological polar surface area (TPSA) is 46.3 Å². The summed E-state index contributed by atoms with van der Waals surface area (Å²) in [6, 6.07) is 3.86. The highest BCUT2D eigenvalue weighted by Gasteiger charge is 2.11. The molecular formula is C9H13BrN2OS. The van der Waals surface area contributed by atoms with Crippen LogP contribution in [0.15, 0.2) is 15.9 Å². The van der Waals surface area contributed by atoms with Crippen LogP contribution in [0.3, 0.4) is 0 Å². The summed E-state index contributed by atoms with van der Waals surface area (Å²) in [5.41, 5.74) is 5.34. The van der Waals surface area contributed by atoms with E-state index in [0.717, 1.165) is 15.2 Å². The molecule has 0 saturated carbocycles. The lowest BCUT2D eigenvalue weighted by Crippen LogP contribution is -2.25. The minimum Gasteiger partial charge on any atom is -0.330 e. The molecule has 0 aliphatic rings. The summed E-state index contributed by atoms with van der Waals surface area (Å²) in [5.74, 6) is 0.116. The monoisotopic (exact) mass is 276 g/mol. The molecule has 0 aliphatic carbocycles. The molecule has 0 fully saturated rings. The molecule has 1 heterocycles. The molecule has 78 valence electrons. The molecule has 1 aromatic heterocycles. The van der Waals surface area contributed by atoms with Crippen molar-refractivity contribution in [3.05, 3.63) is 15.9 Å². The highest BCUT2D eigenvalue weighted by Crippen LogP contribution is 2.29. The van der Waals surface area contributed by atoms with Gasteiger partial charge in [-0.2, -0.15) is 0 Å². The van der Waals surface area contributed by atoms with Crippen LogP contribution in [-0.2, 0) is 4.79 Å². The molecular weight excluding hydrogens is 264 g/mol. The van der Waals surface area contributed by atoms with Gasteiger partial charge in [0.25, 0.3) is 0 Å². The Labute approximate surface area is 96.0 Å². The number of amides is 1. The average Bonchev–Trinajstić information content (AvgIpc) is 2.60. The van der Waals surface area contributed by atoms with Crippen LogP contribution in [0.2, 0.25) is 0 Å². The van der Waals surface area contributed by atoms with Crippen molar-refractivity contribution in [3.8, 4) is 0 Å². The van der Waals surface area contributed by atoms with E-state index in [9.17, 15) is 4.79 Å². The van der Waals surface area contributed by atoms with Crippen molar-refractivity contribution >= 4 is 38.2 Å². The summed E-state index contributed by atoms with van der Waals surface area (Å²) < 4.78 is 1.03. The largest absolute Gasteiger partial charge is 0.330 e. The van der Waals surface area contributed by atoms with Crippen molar-refractivity contribution < 1.29 is 4.79 Å². The van der Waals surface area contributed by atoms with Gasteiger partial charge in [0.2, 0.25) is 5.91 Å². The maximum absolute atomic E-state index is 11.6. The molecule has 5 heteroatoms. The minimum absolute atomic E-state index is 0.116. The van der Waals surface area contributed by atoms with E-state index in [1.54, 1.807) is 23.3 Å². The third-order valence-electron chi connectivity index (χ3n) is 1.86. The molecule has 0 atom stereocenters. The fraction of sp³-hybridized carbons (Fsp3) is 0.444. The van der Waals surface area contributed by atoms with E-state index in [-0.39, 0.29) is 5.91 Å². The van der Waals surface area contributed by atoms with E-state index in [2.05, 4.69) is 15.9 Å². The number of halogens is 1. The number of carbonyl (C=O) groups excluding carboxylic acids is 1. The van der Waals surface area contributed by atoms with Crippen LogP contribution < -0.4 is 10.6 Å². The van der Waals surface area contributed by atoms with Crippen LogP contribution in [0.25, 0.3) is 0 Å². The number of hydrogen-bond acceptors (Lipinski definition) is 3. The smallest absolute Gasteiger partial charge is 0.227 e. The van der Waals surface area contributed by atoms with Crippen LogP contribution in [0, 0.1) is 0 Å². The number of rotatable bonds is 4. The van der Waals surface area contributed by atoms with Crippen LogP contribution in [0.5, 0.6) is 0 Å². The van der Waals surface area contributed by atoms with Gasteiger partial charge in [-0.05, 0) is 41.0 Å². The van der Waals surface area contributed by atoms with Crippen molar-refractivity contribution in [2.45, 2.75) is 12.8 Å². The standard InChI is InChI=1S/C9H13BrN2OS/c1-12(8(13)3-2-6-11)9-5-4-7(10)14-9/h4-5H,2-3,6,11H2,1H3. The quantitative estimate of drug-likeness (QED) is 0.917. The SMILES string of the molecule is CN(C(=O)CCCN)c1ccc(Br)s1. The normalized spacial score (nSPS) is 10.2. The van der Waals surface area contributed by atoms with Gasteiger partial charge in [-0.25, -0.2) is 0 Å². The van der Waals surface area contributed by atoms with E-state index in [1.165, 1.54) is 0 Å². The Hall–Kier alpha value is -0.390. The van der Waals surface area contributed by atoms with Crippen molar-refractivity contribution in [1.82, 2.24) is 0 Å². The lowest BCUT2D eigenvalue weighted by atomic mass is 10.3. The number of nitrogens with zero attached hydrogens (tertiary/aromatic N) is 1. The molecule has 0 unspecified atom stereocenters. The van der Waals surface area contributed by atoms with Gasteiger partial charge in [0.1, 0.15) is 0 Å². The first-order valence-electron chi connectivity index (χ1n) is 4.37. The Bertz CT molecular complexity index is 314. The van der Waals surface area contributed by atoms with Gasteiger partial charge in [-0.15, -0.1) is 11.3 Å². The fourth-order valence-corrected chi connectivity index (χ4v) is 2.37. The summed E-state index contributed by atoms with van der Waals surface area (Å²) in [6.07, 6.45) is 1.26. The second-order valence-electron chi connectivity index (χ2n) is 2.92. The Morgan fingerprint density at radius 3 is 2.86 bits per heavy atom. The molecule has 1 amide bonds. The van der Waals surface area contributed by atoms with Gasteiger partial charge in [-0.1, -0.05) is 0 Å². The number of thiophene rings is 1. The van der Waals surface area contributed by atoms with Crippen LogP contribution >= 0.6 is 27.3 Å². The summed E-state index contributed by atoms with van der Waals surface area (Å²) in [6.45, 7) is 0.563. The summed E-state index contributed by atoms with van der Waals surface area (Å²) in [5, 5.41) is 0.957. The van der Waals surface area contributed by atoms with E-state index in [1.807, 2.05) is 12.1 Å². The lowest BCUT2D eigenvalue weighted by Gasteiger charge is -2.14. The van der Waals surface area contributed by atoms with E-state index >= 15 is 0 Å². The van der Waals surface area contributed by atoms with Gasteiger partial charge < -0.3 is 10.6 Å². The van der Waals surface area contributed by atoms with E-state index in [4.69, 9.17) is 5.73 Å². The predicted octanol–water partition coefficient (Wildman–Crippen LogP) is 2.21. The van der Waals surface area contributed by atoms with Crippen molar-refractivity contribution in [2.24, 2.45) is 5.73 Å². The first-order chi connectivity index (χ1) is 6.65. The van der Waals surface area contributed by atoms with E-state index in [0.29, 0.717) is 13.0 Å². The zero-order chi connectivity index (χ0) is 10.6. The predicted molar refractivity (Wildman–Crippen MR) is 63.7 cm³/mol. The zero-order valence-electron chi connectivity index (χ0n) is 8.00. The van der Waals surface area contributed by atoms with Gasteiger partial charge >= 0.3 is 0 Å². The van der Waals surface area contributed by atoms with Crippen LogP contribution in [0.4, 0.5) is 5.00 Å². The fourth-order valence-electron chi connectivity index (χ4n) is 1.03. The Balaban J connectivity index is 2.56. The first kappa shape index (κ1) is 11.7. The van der Waals surface area contributed by atoms with Crippen molar-refractivity contribution in [3.63, 3.8) is 0 Å². The third-order valence-corrected chi connectivity index (χ3v) is 3.56. The molecule has 1 aromatic rings. The van der Waals surface area contributed by atoms with Crippen LogP contribution in [-0.4, -0.2) is 19.5 Å². The molecule has 0 spiro atoms. The number of carbonyl (C=O) groups is 1. The molecule has 0 bridgehead atoms. The van der Waals surface area contributed by atoms with Crippen LogP contribution in [0.1, 0.15) is 12.8 Å². The van der Waals surface area contributed by atoms with Crippen molar-refractivity contribution in [1.29, 1.82) is 0 Å². The maximum atomic E-state index is 11.6. The summed E-state index contributed by atoms with van der Waals surface area (Å²) >= 11 is 4.91. The van der Waals surface area contributed by atoms with Gasteiger partial charge in [-0.3, -0.25) is 4.79 Å². The molecule has 1 rings (SSSR count). The number of anilines is 1. The number of hydrogen-bond donors (Lipinski definition) is 1. The third kappa shape index (κ3) is 3.08. The van der Waals surface area contributed by atoms with Crippen molar-refractivity contribution in [2.75, 3.05) is 18.5 Å². The van der Waals surface area contributed by atoms with Gasteiger partial charge in [0, 0.05) is 13.5 Å². The molecule has 0 aliphatic heterocycles. The Morgan fingerprint density at radius 1 is 1.64 bits per heavy atom. The maximum Gasteiger partial charge on any atom is 0.227 e. The first-order valence-corrected chi connectivity index (χ1v) is 5.98. The van der Waals surface area contributed by atoms with E-state index < -0.39 is 0 Å². The molecule has 0 aromatic carbocycles. The minimum atomic E-state index is 0.116. The summed E-state index contributed by atoms with van der Waals surface area (Å²) in [7, 11) is 1.79. The molecule has 2 N–H and O–H groups in total. The molecule has 0 radical (unpaired) electrons. The lowest BCUT2D eigenvalue weighted by molar-refractivity contribution is -0.118. The van der Waals surface area contributed by atoms with Gasteiger partial charge in [0.05, 0.1) is 8.79 Å². The molecule has 3 nitrogen and oxygen atoms in total.